The van der Waals surface area contributed by atoms with Crippen LogP contribution >= 0.6 is 0 Å². The van der Waals surface area contributed by atoms with Gasteiger partial charge >= 0.3 is 0 Å². The molecule has 3 rings (SSSR count). The van der Waals surface area contributed by atoms with Crippen LogP contribution in [0.3, 0.4) is 0 Å². The Labute approximate surface area is 100 Å². The van der Waals surface area contributed by atoms with Crippen LogP contribution in [-0.4, -0.2) is 17.9 Å². The van der Waals surface area contributed by atoms with Gasteiger partial charge in [0.05, 0.1) is 0 Å². The zero-order valence-electron chi connectivity index (χ0n) is 9.95. The van der Waals surface area contributed by atoms with Crippen molar-refractivity contribution in [2.45, 2.75) is 44.7 Å². The minimum absolute atomic E-state index is 0.184. The van der Waals surface area contributed by atoms with Crippen molar-refractivity contribution in [3.8, 4) is 0 Å². The van der Waals surface area contributed by atoms with Gasteiger partial charge in [-0.25, -0.2) is 4.39 Å². The predicted molar refractivity (Wildman–Crippen MR) is 64.7 cm³/mol. The lowest BCUT2D eigenvalue weighted by Crippen LogP contribution is -2.43. The summed E-state index contributed by atoms with van der Waals surface area (Å²) in [4.78, 5) is 13.8. The summed E-state index contributed by atoms with van der Waals surface area (Å²) in [5.41, 5.74) is 1.89. The molecule has 1 aromatic rings. The number of halogens is 1. The molecule has 2 heterocycles. The molecule has 2 fully saturated rings. The van der Waals surface area contributed by atoms with Crippen LogP contribution in [0.5, 0.6) is 0 Å². The molecule has 2 saturated heterocycles. The van der Waals surface area contributed by atoms with Gasteiger partial charge in [-0.2, -0.15) is 0 Å². The highest BCUT2D eigenvalue weighted by Crippen LogP contribution is 2.38. The third-order valence-electron chi connectivity index (χ3n) is 3.87. The van der Waals surface area contributed by atoms with E-state index in [-0.39, 0.29) is 5.82 Å². The number of carbonyl (C=O) groups is 1. The highest BCUT2D eigenvalue weighted by atomic mass is 19.1. The molecule has 2 aliphatic heterocycles. The van der Waals surface area contributed by atoms with Crippen LogP contribution in [0, 0.1) is 12.7 Å². The first kappa shape index (κ1) is 10.8. The van der Waals surface area contributed by atoms with Crippen molar-refractivity contribution >= 4 is 11.5 Å². The Kier molecular flexibility index (Phi) is 2.42. The minimum atomic E-state index is -0.184. The van der Waals surface area contributed by atoms with Crippen LogP contribution in [0.25, 0.3) is 0 Å². The fourth-order valence-electron chi connectivity index (χ4n) is 3.26. The molecule has 0 aliphatic carbocycles. The van der Waals surface area contributed by atoms with Crippen LogP contribution in [0.1, 0.15) is 31.2 Å². The molecule has 3 heteroatoms. The third-order valence-corrected chi connectivity index (χ3v) is 3.87. The fourth-order valence-corrected chi connectivity index (χ4v) is 3.26. The topological polar surface area (TPSA) is 20.3 Å². The number of aryl methyl sites for hydroxylation is 1. The second-order valence-corrected chi connectivity index (χ2v) is 5.23. The molecule has 0 spiro atoms. The quantitative estimate of drug-likeness (QED) is 0.743. The molecular formula is C14H16FNO. The maximum absolute atomic E-state index is 13.4. The molecule has 0 amide bonds. The molecule has 2 unspecified atom stereocenters. The van der Waals surface area contributed by atoms with Crippen LogP contribution in [0.4, 0.5) is 10.1 Å². The summed E-state index contributed by atoms with van der Waals surface area (Å²) < 4.78 is 13.4. The van der Waals surface area contributed by atoms with E-state index < -0.39 is 0 Å². The lowest BCUT2D eigenvalue weighted by molar-refractivity contribution is -0.120. The Hall–Kier alpha value is -1.38. The van der Waals surface area contributed by atoms with Crippen molar-refractivity contribution in [3.63, 3.8) is 0 Å². The first-order chi connectivity index (χ1) is 8.13. The normalized spacial score (nSPS) is 27.6. The largest absolute Gasteiger partial charge is 0.365 e. The molecule has 0 saturated carbocycles. The second-order valence-electron chi connectivity index (χ2n) is 5.23. The summed E-state index contributed by atoms with van der Waals surface area (Å²) in [5.74, 6) is 0.179. The molecule has 90 valence electrons. The van der Waals surface area contributed by atoms with Crippen molar-refractivity contribution in [3.05, 3.63) is 29.6 Å². The van der Waals surface area contributed by atoms with Crippen molar-refractivity contribution < 1.29 is 9.18 Å². The number of benzene rings is 1. The molecular weight excluding hydrogens is 217 g/mol. The number of rotatable bonds is 1. The van der Waals surface area contributed by atoms with Crippen molar-refractivity contribution in [2.75, 3.05) is 4.90 Å². The molecule has 1 aromatic carbocycles. The lowest BCUT2D eigenvalue weighted by Gasteiger charge is -2.36. The average molecular weight is 233 g/mol. The SMILES string of the molecule is Cc1cc(F)cc(N2C3CCC2CC(=O)C3)c1. The summed E-state index contributed by atoms with van der Waals surface area (Å²) >= 11 is 0. The monoisotopic (exact) mass is 233 g/mol. The van der Waals surface area contributed by atoms with Gasteiger partial charge in [0.25, 0.3) is 0 Å². The summed E-state index contributed by atoms with van der Waals surface area (Å²) in [6.07, 6.45) is 3.38. The van der Waals surface area contributed by atoms with E-state index in [4.69, 9.17) is 0 Å². The Morgan fingerprint density at radius 2 is 1.82 bits per heavy atom. The third kappa shape index (κ3) is 1.84. The van der Waals surface area contributed by atoms with Gasteiger partial charge < -0.3 is 4.90 Å². The summed E-state index contributed by atoms with van der Waals surface area (Å²) in [7, 11) is 0. The molecule has 17 heavy (non-hydrogen) atoms. The van der Waals surface area contributed by atoms with E-state index in [9.17, 15) is 9.18 Å². The number of fused-ring (bicyclic) bond motifs is 2. The van der Waals surface area contributed by atoms with Crippen LogP contribution in [-0.2, 0) is 4.79 Å². The minimum Gasteiger partial charge on any atom is -0.365 e. The number of nitrogens with zero attached hydrogens (tertiary/aromatic N) is 1. The molecule has 2 aliphatic rings. The van der Waals surface area contributed by atoms with Crippen molar-refractivity contribution in [1.29, 1.82) is 0 Å². The fraction of sp³-hybridized carbons (Fsp3) is 0.500. The highest BCUT2D eigenvalue weighted by Gasteiger charge is 2.40. The smallest absolute Gasteiger partial charge is 0.137 e. The summed E-state index contributed by atoms with van der Waals surface area (Å²) in [5, 5.41) is 0. The van der Waals surface area contributed by atoms with Crippen molar-refractivity contribution in [2.24, 2.45) is 0 Å². The van der Waals surface area contributed by atoms with Gasteiger partial charge in [-0.05, 0) is 43.5 Å². The van der Waals surface area contributed by atoms with E-state index >= 15 is 0 Å². The molecule has 0 radical (unpaired) electrons. The number of hydrogen-bond acceptors (Lipinski definition) is 2. The first-order valence-electron chi connectivity index (χ1n) is 6.21. The maximum Gasteiger partial charge on any atom is 0.137 e. The Morgan fingerprint density at radius 1 is 1.18 bits per heavy atom. The number of Topliss-reactive ketones (excluding diaryl/α,β-unsaturated/α-hetero) is 1. The van der Waals surface area contributed by atoms with E-state index in [1.54, 1.807) is 12.1 Å². The Balaban J connectivity index is 1.97. The number of anilines is 1. The molecule has 0 N–H and O–H groups in total. The number of hydrogen-bond donors (Lipinski definition) is 0. The van der Waals surface area contributed by atoms with E-state index in [1.807, 2.05) is 13.0 Å². The Morgan fingerprint density at radius 3 is 2.41 bits per heavy atom. The molecule has 2 nitrogen and oxygen atoms in total. The summed E-state index contributed by atoms with van der Waals surface area (Å²) in [6, 6.07) is 5.74. The van der Waals surface area contributed by atoms with E-state index in [0.29, 0.717) is 30.7 Å². The van der Waals surface area contributed by atoms with Gasteiger partial charge in [0.15, 0.2) is 0 Å². The van der Waals surface area contributed by atoms with Gasteiger partial charge in [-0.1, -0.05) is 0 Å². The average Bonchev–Trinajstić information content (AvgIpc) is 2.50. The van der Waals surface area contributed by atoms with Crippen LogP contribution in [0.2, 0.25) is 0 Å². The molecule has 2 atom stereocenters. The van der Waals surface area contributed by atoms with Crippen molar-refractivity contribution in [1.82, 2.24) is 0 Å². The van der Waals surface area contributed by atoms with Crippen LogP contribution in [0.15, 0.2) is 18.2 Å². The van der Waals surface area contributed by atoms with Gasteiger partial charge in [0.1, 0.15) is 11.6 Å². The van der Waals surface area contributed by atoms with E-state index in [0.717, 1.165) is 24.1 Å². The number of piperidine rings is 1. The van der Waals surface area contributed by atoms with Gasteiger partial charge in [-0.3, -0.25) is 4.79 Å². The molecule has 0 aromatic heterocycles. The second kappa shape index (κ2) is 3.83. The summed E-state index contributed by atoms with van der Waals surface area (Å²) in [6.45, 7) is 1.91. The number of carbonyl (C=O) groups excluding carboxylic acids is 1. The molecule has 2 bridgehead atoms. The predicted octanol–water partition coefficient (Wildman–Crippen LogP) is 2.83. The lowest BCUT2D eigenvalue weighted by atomic mass is 10.00. The maximum atomic E-state index is 13.4. The van der Waals surface area contributed by atoms with Gasteiger partial charge in [0.2, 0.25) is 0 Å². The van der Waals surface area contributed by atoms with Crippen LogP contribution < -0.4 is 4.90 Å². The number of ketones is 1. The zero-order chi connectivity index (χ0) is 12.0. The van der Waals surface area contributed by atoms with Gasteiger partial charge in [-0.15, -0.1) is 0 Å². The standard InChI is InChI=1S/C14H16FNO/c1-9-4-10(15)6-13(5-9)16-11-2-3-12(16)8-14(17)7-11/h4-6,11-12H,2-3,7-8H2,1H3. The van der Waals surface area contributed by atoms with Gasteiger partial charge in [0, 0.05) is 30.6 Å². The van der Waals surface area contributed by atoms with E-state index in [2.05, 4.69) is 4.90 Å². The zero-order valence-corrected chi connectivity index (χ0v) is 9.95. The highest BCUT2D eigenvalue weighted by molar-refractivity contribution is 5.83. The Bertz CT molecular complexity index is 435. The first-order valence-corrected chi connectivity index (χ1v) is 6.21. The van der Waals surface area contributed by atoms with E-state index in [1.165, 1.54) is 0 Å².